The first-order valence-electron chi connectivity index (χ1n) is 11.8. The summed E-state index contributed by atoms with van der Waals surface area (Å²) < 4.78 is 30.7. The standard InChI is InChI=1S/C26H34N4O4S/c1-4-29(5-2)18-19-30-20(3)23(24-8-6-7-9-25(24)30)16-17-27-35(33,34)22-13-10-21(11-14-22)12-15-26(31)28-32/h6-15,27,32H,4-5,16-19H2,1-3H3,(H,28,31)/b15-12+. The molecule has 188 valence electrons. The normalized spacial score (nSPS) is 12.1. The molecule has 3 N–H and O–H groups in total. The van der Waals surface area contributed by atoms with E-state index in [-0.39, 0.29) is 11.4 Å². The second-order valence-corrected chi connectivity index (χ2v) is 10.1. The van der Waals surface area contributed by atoms with Crippen LogP contribution in [-0.2, 0) is 27.8 Å². The maximum atomic E-state index is 12.8. The lowest BCUT2D eigenvalue weighted by Crippen LogP contribution is -2.27. The van der Waals surface area contributed by atoms with Crippen molar-refractivity contribution < 1.29 is 18.4 Å². The molecule has 0 spiro atoms. The first kappa shape index (κ1) is 26.6. The van der Waals surface area contributed by atoms with Gasteiger partial charge in [-0.25, -0.2) is 18.6 Å². The molecule has 0 saturated carbocycles. The molecule has 0 atom stereocenters. The summed E-state index contributed by atoms with van der Waals surface area (Å²) in [5, 5.41) is 9.69. The van der Waals surface area contributed by atoms with Gasteiger partial charge in [0.15, 0.2) is 0 Å². The van der Waals surface area contributed by atoms with E-state index in [1.54, 1.807) is 12.1 Å². The van der Waals surface area contributed by atoms with E-state index in [1.165, 1.54) is 34.9 Å². The molecule has 0 saturated heterocycles. The van der Waals surface area contributed by atoms with Crippen LogP contribution < -0.4 is 10.2 Å². The number of para-hydroxylation sites is 1. The number of carbonyl (C=O) groups excluding carboxylic acids is 1. The molecule has 35 heavy (non-hydrogen) atoms. The minimum atomic E-state index is -3.68. The Labute approximate surface area is 207 Å². The number of aromatic nitrogens is 1. The highest BCUT2D eigenvalue weighted by Gasteiger charge is 2.17. The Bertz CT molecular complexity index is 1280. The van der Waals surface area contributed by atoms with Crippen LogP contribution in [0.1, 0.15) is 30.7 Å². The van der Waals surface area contributed by atoms with Gasteiger partial charge in [0.25, 0.3) is 5.91 Å². The third kappa shape index (κ3) is 6.58. The number of carbonyl (C=O) groups is 1. The molecule has 0 unspecified atom stereocenters. The number of hydroxylamine groups is 1. The molecule has 3 aromatic rings. The summed E-state index contributed by atoms with van der Waals surface area (Å²) in [5.41, 5.74) is 5.65. The number of hydrogen-bond donors (Lipinski definition) is 3. The van der Waals surface area contributed by atoms with Crippen molar-refractivity contribution >= 4 is 32.9 Å². The second kappa shape index (κ2) is 12.1. The van der Waals surface area contributed by atoms with Crippen molar-refractivity contribution in [1.29, 1.82) is 0 Å². The van der Waals surface area contributed by atoms with Crippen molar-refractivity contribution in [2.75, 3.05) is 26.2 Å². The van der Waals surface area contributed by atoms with Gasteiger partial charge in [-0.2, -0.15) is 0 Å². The van der Waals surface area contributed by atoms with Crippen molar-refractivity contribution in [1.82, 2.24) is 19.7 Å². The van der Waals surface area contributed by atoms with Gasteiger partial charge in [0, 0.05) is 42.3 Å². The predicted octanol–water partition coefficient (Wildman–Crippen LogP) is 3.33. The number of nitrogens with zero attached hydrogens (tertiary/aromatic N) is 2. The zero-order valence-electron chi connectivity index (χ0n) is 20.5. The van der Waals surface area contributed by atoms with Crippen molar-refractivity contribution in [2.45, 2.75) is 38.6 Å². The molecular formula is C26H34N4O4S. The summed E-state index contributed by atoms with van der Waals surface area (Å²) in [4.78, 5) is 13.6. The topological polar surface area (TPSA) is 104 Å². The molecule has 9 heteroatoms. The maximum absolute atomic E-state index is 12.8. The number of fused-ring (bicyclic) bond motifs is 1. The maximum Gasteiger partial charge on any atom is 0.267 e. The van der Waals surface area contributed by atoms with Crippen LogP contribution in [-0.4, -0.2) is 55.2 Å². The molecule has 3 rings (SSSR count). The fourth-order valence-corrected chi connectivity index (χ4v) is 5.28. The molecule has 8 nitrogen and oxygen atoms in total. The number of amides is 1. The number of rotatable bonds is 12. The zero-order chi connectivity index (χ0) is 25.4. The van der Waals surface area contributed by atoms with E-state index < -0.39 is 15.9 Å². The highest BCUT2D eigenvalue weighted by atomic mass is 32.2. The number of sulfonamides is 1. The zero-order valence-corrected chi connectivity index (χ0v) is 21.3. The average Bonchev–Trinajstić information content (AvgIpc) is 3.14. The van der Waals surface area contributed by atoms with Crippen molar-refractivity contribution in [3.63, 3.8) is 0 Å². The van der Waals surface area contributed by atoms with E-state index >= 15 is 0 Å². The van der Waals surface area contributed by atoms with Gasteiger partial charge in [-0.3, -0.25) is 10.0 Å². The van der Waals surface area contributed by atoms with Crippen LogP contribution in [0.2, 0.25) is 0 Å². The van der Waals surface area contributed by atoms with Gasteiger partial charge in [-0.05, 0) is 61.8 Å². The number of nitrogens with one attached hydrogen (secondary N) is 2. The smallest absolute Gasteiger partial charge is 0.267 e. The van der Waals surface area contributed by atoms with Crippen molar-refractivity contribution in [3.05, 3.63) is 71.4 Å². The summed E-state index contributed by atoms with van der Waals surface area (Å²) in [6.45, 7) is 10.6. The van der Waals surface area contributed by atoms with Crippen LogP contribution in [0.3, 0.4) is 0 Å². The van der Waals surface area contributed by atoms with Gasteiger partial charge in [-0.15, -0.1) is 0 Å². The van der Waals surface area contributed by atoms with Crippen LogP contribution in [0.5, 0.6) is 0 Å². The first-order valence-corrected chi connectivity index (χ1v) is 13.3. The molecule has 0 fully saturated rings. The molecule has 0 aliphatic carbocycles. The SMILES string of the molecule is CCN(CC)CCn1c(C)c(CCNS(=O)(=O)c2ccc(/C=C/C(=O)NO)cc2)c2ccccc21. The fraction of sp³-hybridized carbons (Fsp3) is 0.346. The van der Waals surface area contributed by atoms with E-state index in [2.05, 4.69) is 47.1 Å². The first-order chi connectivity index (χ1) is 16.8. The summed E-state index contributed by atoms with van der Waals surface area (Å²) in [6.07, 6.45) is 3.22. The van der Waals surface area contributed by atoms with Crippen LogP contribution in [0, 0.1) is 6.92 Å². The Hall–Kier alpha value is -2.98. The average molecular weight is 499 g/mol. The van der Waals surface area contributed by atoms with Crippen LogP contribution in [0.15, 0.2) is 59.5 Å². The largest absolute Gasteiger partial charge is 0.343 e. The molecule has 1 aromatic heterocycles. The van der Waals surface area contributed by atoms with E-state index in [9.17, 15) is 13.2 Å². The van der Waals surface area contributed by atoms with E-state index in [0.29, 0.717) is 12.0 Å². The lowest BCUT2D eigenvalue weighted by molar-refractivity contribution is -0.124. The third-order valence-electron chi connectivity index (χ3n) is 6.29. The quantitative estimate of drug-likeness (QED) is 0.202. The number of benzene rings is 2. The molecule has 2 aromatic carbocycles. The van der Waals surface area contributed by atoms with E-state index in [0.717, 1.165) is 43.2 Å². The molecule has 0 radical (unpaired) electrons. The summed E-state index contributed by atoms with van der Waals surface area (Å²) in [6, 6.07) is 14.5. The Morgan fingerprint density at radius 3 is 2.43 bits per heavy atom. The molecule has 0 aliphatic rings. The van der Waals surface area contributed by atoms with Crippen LogP contribution in [0.25, 0.3) is 17.0 Å². The minimum Gasteiger partial charge on any atom is -0.343 e. The van der Waals surface area contributed by atoms with Gasteiger partial charge in [-0.1, -0.05) is 44.2 Å². The van der Waals surface area contributed by atoms with Crippen LogP contribution >= 0.6 is 0 Å². The monoisotopic (exact) mass is 498 g/mol. The summed E-state index contributed by atoms with van der Waals surface area (Å²) in [5.74, 6) is -0.659. The highest BCUT2D eigenvalue weighted by molar-refractivity contribution is 7.89. The van der Waals surface area contributed by atoms with Gasteiger partial charge < -0.3 is 9.47 Å². The van der Waals surface area contributed by atoms with Crippen molar-refractivity contribution in [3.8, 4) is 0 Å². The Morgan fingerprint density at radius 1 is 1.09 bits per heavy atom. The van der Waals surface area contributed by atoms with Crippen molar-refractivity contribution in [2.24, 2.45) is 0 Å². The number of likely N-dealkylation sites (N-methyl/N-ethyl adjacent to an activating group) is 1. The Morgan fingerprint density at radius 2 is 1.77 bits per heavy atom. The van der Waals surface area contributed by atoms with Crippen LogP contribution in [0.4, 0.5) is 0 Å². The Balaban J connectivity index is 1.71. The fourth-order valence-electron chi connectivity index (χ4n) is 4.25. The van der Waals surface area contributed by atoms with Gasteiger partial charge in [0.1, 0.15) is 0 Å². The van der Waals surface area contributed by atoms with Gasteiger partial charge in [0.05, 0.1) is 4.90 Å². The van der Waals surface area contributed by atoms with Gasteiger partial charge in [0.2, 0.25) is 10.0 Å². The predicted molar refractivity (Wildman–Crippen MR) is 139 cm³/mol. The lowest BCUT2D eigenvalue weighted by Gasteiger charge is -2.19. The molecular weight excluding hydrogens is 464 g/mol. The molecule has 1 amide bonds. The Kier molecular flexibility index (Phi) is 9.22. The molecule has 0 aliphatic heterocycles. The summed E-state index contributed by atoms with van der Waals surface area (Å²) in [7, 11) is -3.68. The van der Waals surface area contributed by atoms with E-state index in [4.69, 9.17) is 5.21 Å². The summed E-state index contributed by atoms with van der Waals surface area (Å²) >= 11 is 0. The number of hydrogen-bond acceptors (Lipinski definition) is 5. The molecule has 1 heterocycles. The lowest BCUT2D eigenvalue weighted by atomic mass is 10.1. The third-order valence-corrected chi connectivity index (χ3v) is 7.77. The van der Waals surface area contributed by atoms with E-state index in [1.807, 2.05) is 12.1 Å². The second-order valence-electron chi connectivity index (χ2n) is 8.29. The molecule has 0 bridgehead atoms. The highest BCUT2D eigenvalue weighted by Crippen LogP contribution is 2.26. The minimum absolute atomic E-state index is 0.152. The van der Waals surface area contributed by atoms with Gasteiger partial charge >= 0.3 is 0 Å².